The molecule has 1 aromatic heterocycles. The van der Waals surface area contributed by atoms with Crippen molar-refractivity contribution in [2.45, 2.75) is 0 Å². The largest absolute Gasteiger partial charge is 0.397 e. The predicted octanol–water partition coefficient (Wildman–Crippen LogP) is 5.00. The second kappa shape index (κ2) is 3.85. The minimum atomic E-state index is 0.833. The monoisotopic (exact) mass is 403 g/mol. The Hall–Kier alpha value is -0.330. The first kappa shape index (κ1) is 10.8. The number of hydrogen-bond acceptors (Lipinski definition) is 2. The maximum absolute atomic E-state index is 6.02. The Balaban J connectivity index is 2.60. The van der Waals surface area contributed by atoms with E-state index >= 15 is 0 Å². The van der Waals surface area contributed by atoms with Crippen molar-refractivity contribution in [1.82, 2.24) is 0 Å². The molecule has 0 aliphatic carbocycles. The number of rotatable bonds is 0. The normalized spacial score (nSPS) is 11.4. The third kappa shape index (κ3) is 1.47. The minimum Gasteiger partial charge on any atom is -0.397 e. The Bertz CT molecular complexity index is 705. The molecule has 0 amide bonds. The molecule has 0 saturated carbocycles. The van der Waals surface area contributed by atoms with Crippen LogP contribution >= 0.6 is 49.9 Å². The molecule has 2 aromatic carbocycles. The molecule has 1 heterocycles. The molecule has 1 nitrogen and oxygen atoms in total. The van der Waals surface area contributed by atoms with Gasteiger partial charge in [-0.3, -0.25) is 0 Å². The van der Waals surface area contributed by atoms with E-state index in [0.717, 1.165) is 13.7 Å². The summed E-state index contributed by atoms with van der Waals surface area (Å²) < 4.78 is 4.71. The van der Waals surface area contributed by atoms with E-state index in [2.05, 4.69) is 68.9 Å². The summed E-state index contributed by atoms with van der Waals surface area (Å²) in [7, 11) is 0. The quantitative estimate of drug-likeness (QED) is 0.414. The summed E-state index contributed by atoms with van der Waals surface area (Å²) in [6.45, 7) is 0. The van der Waals surface area contributed by atoms with Crippen molar-refractivity contribution < 1.29 is 0 Å². The van der Waals surface area contributed by atoms with E-state index in [1.165, 1.54) is 20.2 Å². The van der Waals surface area contributed by atoms with Gasteiger partial charge in [-0.05, 0) is 50.7 Å². The van der Waals surface area contributed by atoms with E-state index < -0.39 is 0 Å². The number of halogens is 2. The van der Waals surface area contributed by atoms with E-state index in [1.54, 1.807) is 11.3 Å². The van der Waals surface area contributed by atoms with Gasteiger partial charge in [0, 0.05) is 19.9 Å². The van der Waals surface area contributed by atoms with Crippen molar-refractivity contribution in [2.75, 3.05) is 5.73 Å². The van der Waals surface area contributed by atoms with Crippen LogP contribution in [0.15, 0.2) is 34.8 Å². The summed E-state index contributed by atoms with van der Waals surface area (Å²) in [6.07, 6.45) is 0. The van der Waals surface area contributed by atoms with Crippen molar-refractivity contribution >= 4 is 75.7 Å². The molecule has 16 heavy (non-hydrogen) atoms. The van der Waals surface area contributed by atoms with Crippen LogP contribution in [0.25, 0.3) is 20.2 Å². The highest BCUT2D eigenvalue weighted by atomic mass is 127. The van der Waals surface area contributed by atoms with Crippen LogP contribution in [-0.2, 0) is 0 Å². The molecule has 80 valence electrons. The van der Waals surface area contributed by atoms with E-state index in [4.69, 9.17) is 5.73 Å². The van der Waals surface area contributed by atoms with Crippen LogP contribution in [0.5, 0.6) is 0 Å². The van der Waals surface area contributed by atoms with Crippen LogP contribution in [-0.4, -0.2) is 0 Å². The van der Waals surface area contributed by atoms with Gasteiger partial charge in [-0.1, -0.05) is 18.2 Å². The van der Waals surface area contributed by atoms with Crippen molar-refractivity contribution in [2.24, 2.45) is 0 Å². The third-order valence-electron chi connectivity index (χ3n) is 2.60. The number of fused-ring (bicyclic) bond motifs is 3. The lowest BCUT2D eigenvalue weighted by Gasteiger charge is -2.02. The third-order valence-corrected chi connectivity index (χ3v) is 5.94. The molecule has 3 aromatic rings. The first-order valence-electron chi connectivity index (χ1n) is 4.73. The van der Waals surface area contributed by atoms with E-state index in [0.29, 0.717) is 0 Å². The Labute approximate surface area is 119 Å². The maximum atomic E-state index is 6.02. The van der Waals surface area contributed by atoms with E-state index in [1.807, 2.05) is 0 Å². The summed E-state index contributed by atoms with van der Waals surface area (Å²) >= 11 is 7.63. The van der Waals surface area contributed by atoms with Crippen LogP contribution in [0, 0.1) is 3.57 Å². The molecule has 0 unspecified atom stereocenters. The fourth-order valence-electron chi connectivity index (χ4n) is 1.80. The van der Waals surface area contributed by atoms with Crippen molar-refractivity contribution in [3.63, 3.8) is 0 Å². The van der Waals surface area contributed by atoms with Crippen molar-refractivity contribution in [3.8, 4) is 0 Å². The molecular weight excluding hydrogens is 397 g/mol. The second-order valence-corrected chi connectivity index (χ2v) is 6.55. The summed E-state index contributed by atoms with van der Waals surface area (Å²) in [5.74, 6) is 0. The van der Waals surface area contributed by atoms with Gasteiger partial charge >= 0.3 is 0 Å². The van der Waals surface area contributed by atoms with Gasteiger partial charge in [0.1, 0.15) is 0 Å². The van der Waals surface area contributed by atoms with Crippen molar-refractivity contribution in [3.05, 3.63) is 38.4 Å². The standard InChI is InChI=1S/C12H7BrINS/c13-8-5-7-6-3-1-2-4-9(6)16-12(7)10(14)11(8)15/h1-5H,15H2. The zero-order valence-corrected chi connectivity index (χ0v) is 12.7. The average Bonchev–Trinajstić information content (AvgIpc) is 2.65. The van der Waals surface area contributed by atoms with Crippen LogP contribution in [0.1, 0.15) is 0 Å². The Morgan fingerprint density at radius 2 is 1.94 bits per heavy atom. The molecule has 0 fully saturated rings. The topological polar surface area (TPSA) is 26.0 Å². The van der Waals surface area contributed by atoms with Crippen LogP contribution < -0.4 is 5.73 Å². The second-order valence-electron chi connectivity index (χ2n) is 3.56. The van der Waals surface area contributed by atoms with Gasteiger partial charge in [-0.2, -0.15) is 0 Å². The number of thiophene rings is 1. The first-order valence-corrected chi connectivity index (χ1v) is 7.42. The lowest BCUT2D eigenvalue weighted by molar-refractivity contribution is 1.68. The molecule has 0 radical (unpaired) electrons. The molecule has 0 aliphatic rings. The van der Waals surface area contributed by atoms with E-state index in [-0.39, 0.29) is 0 Å². The zero-order chi connectivity index (χ0) is 11.3. The van der Waals surface area contributed by atoms with Crippen LogP contribution in [0.3, 0.4) is 0 Å². The highest BCUT2D eigenvalue weighted by Crippen LogP contribution is 2.41. The van der Waals surface area contributed by atoms with Gasteiger partial charge < -0.3 is 5.73 Å². The van der Waals surface area contributed by atoms with Gasteiger partial charge in [-0.15, -0.1) is 11.3 Å². The molecule has 4 heteroatoms. The minimum absolute atomic E-state index is 0.833. The molecule has 0 atom stereocenters. The van der Waals surface area contributed by atoms with Crippen LogP contribution in [0.2, 0.25) is 0 Å². The first-order chi connectivity index (χ1) is 7.68. The van der Waals surface area contributed by atoms with Gasteiger partial charge in [-0.25, -0.2) is 0 Å². The van der Waals surface area contributed by atoms with E-state index in [9.17, 15) is 0 Å². The van der Waals surface area contributed by atoms with Crippen molar-refractivity contribution in [1.29, 1.82) is 0 Å². The Morgan fingerprint density at radius 3 is 2.75 bits per heavy atom. The van der Waals surface area contributed by atoms with Gasteiger partial charge in [0.15, 0.2) is 0 Å². The van der Waals surface area contributed by atoms with Gasteiger partial charge in [0.05, 0.1) is 14.0 Å². The number of anilines is 1. The number of hydrogen-bond donors (Lipinski definition) is 1. The highest BCUT2D eigenvalue weighted by Gasteiger charge is 2.12. The van der Waals surface area contributed by atoms with Crippen LogP contribution in [0.4, 0.5) is 5.69 Å². The van der Waals surface area contributed by atoms with Gasteiger partial charge in [0.25, 0.3) is 0 Å². The smallest absolute Gasteiger partial charge is 0.0609 e. The highest BCUT2D eigenvalue weighted by molar-refractivity contribution is 14.1. The SMILES string of the molecule is Nc1c(Br)cc2c(sc3ccccc32)c1I. The lowest BCUT2D eigenvalue weighted by Crippen LogP contribution is -1.90. The number of nitrogens with two attached hydrogens (primary N) is 1. The summed E-state index contributed by atoms with van der Waals surface area (Å²) in [5.41, 5.74) is 6.86. The Kier molecular flexibility index (Phi) is 2.60. The maximum Gasteiger partial charge on any atom is 0.0609 e. The summed E-state index contributed by atoms with van der Waals surface area (Å²) in [6, 6.07) is 10.6. The molecule has 0 bridgehead atoms. The molecule has 2 N–H and O–H groups in total. The molecule has 0 spiro atoms. The summed E-state index contributed by atoms with van der Waals surface area (Å²) in [5, 5.41) is 2.59. The predicted molar refractivity (Wildman–Crippen MR) is 84.2 cm³/mol. The number of benzene rings is 2. The lowest BCUT2D eigenvalue weighted by atomic mass is 10.1. The zero-order valence-electron chi connectivity index (χ0n) is 8.13. The molecule has 3 rings (SSSR count). The molecule has 0 saturated heterocycles. The molecule has 0 aliphatic heterocycles. The number of nitrogen functional groups attached to an aromatic ring is 1. The fourth-order valence-corrected chi connectivity index (χ4v) is 4.65. The van der Waals surface area contributed by atoms with Gasteiger partial charge in [0.2, 0.25) is 0 Å². The fraction of sp³-hybridized carbons (Fsp3) is 0. The summed E-state index contributed by atoms with van der Waals surface area (Å²) in [4.78, 5) is 0. The molecular formula is C12H7BrINS. The average molecular weight is 404 g/mol. The Morgan fingerprint density at radius 1 is 1.19 bits per heavy atom.